The van der Waals surface area contributed by atoms with E-state index in [1.54, 1.807) is 0 Å². The molecule has 0 aromatic carbocycles. The van der Waals surface area contributed by atoms with Crippen molar-refractivity contribution in [2.24, 2.45) is 5.92 Å². The Bertz CT molecular complexity index is 435. The Labute approximate surface area is 119 Å². The molecule has 0 spiro atoms. The molecule has 1 aromatic heterocycles. The predicted molar refractivity (Wildman–Crippen MR) is 75.8 cm³/mol. The second kappa shape index (κ2) is 5.90. The van der Waals surface area contributed by atoms with Crippen molar-refractivity contribution in [1.29, 1.82) is 0 Å². The summed E-state index contributed by atoms with van der Waals surface area (Å²) in [5.41, 5.74) is 0. The molecule has 19 heavy (non-hydrogen) atoms. The zero-order valence-electron chi connectivity index (χ0n) is 11.9. The van der Waals surface area contributed by atoms with Gasteiger partial charge >= 0.3 is 6.01 Å². The van der Waals surface area contributed by atoms with Crippen molar-refractivity contribution in [3.8, 4) is 6.01 Å². The Morgan fingerprint density at radius 1 is 1.21 bits per heavy atom. The molecular formula is C13H21ClN4O. The van der Waals surface area contributed by atoms with E-state index in [-0.39, 0.29) is 11.4 Å². The van der Waals surface area contributed by atoms with Gasteiger partial charge in [0.15, 0.2) is 0 Å². The molecular weight excluding hydrogens is 264 g/mol. The molecule has 106 valence electrons. The van der Waals surface area contributed by atoms with Gasteiger partial charge in [-0.25, -0.2) is 0 Å². The standard InChI is InChI=1S/C13H21ClN4O/c1-8(2)7-18(10-5-6-10)12-15-11(14)16-13(17-12)19-9(3)4/h8-10H,5-7H2,1-4H3. The number of hydrogen-bond acceptors (Lipinski definition) is 5. The van der Waals surface area contributed by atoms with E-state index in [9.17, 15) is 0 Å². The minimum atomic E-state index is 0.0193. The first-order chi connectivity index (χ1) is 8.95. The Morgan fingerprint density at radius 2 is 1.89 bits per heavy atom. The normalized spacial score (nSPS) is 15.1. The number of hydrogen-bond donors (Lipinski definition) is 0. The van der Waals surface area contributed by atoms with Gasteiger partial charge in [-0.2, -0.15) is 15.0 Å². The summed E-state index contributed by atoms with van der Waals surface area (Å²) >= 11 is 5.97. The molecule has 0 saturated heterocycles. The summed E-state index contributed by atoms with van der Waals surface area (Å²) in [4.78, 5) is 14.9. The lowest BCUT2D eigenvalue weighted by Gasteiger charge is -2.24. The van der Waals surface area contributed by atoms with Gasteiger partial charge in [0.1, 0.15) is 0 Å². The first-order valence-corrected chi connectivity index (χ1v) is 7.18. The van der Waals surface area contributed by atoms with Crippen molar-refractivity contribution >= 4 is 17.5 Å². The third kappa shape index (κ3) is 4.20. The fraction of sp³-hybridized carbons (Fsp3) is 0.769. The van der Waals surface area contributed by atoms with Crippen LogP contribution in [0.5, 0.6) is 6.01 Å². The maximum absolute atomic E-state index is 5.97. The molecule has 1 heterocycles. The molecule has 1 saturated carbocycles. The van der Waals surface area contributed by atoms with Crippen molar-refractivity contribution in [1.82, 2.24) is 15.0 Å². The topological polar surface area (TPSA) is 51.1 Å². The number of aromatic nitrogens is 3. The molecule has 0 unspecified atom stereocenters. The summed E-state index contributed by atoms with van der Waals surface area (Å²) in [6.45, 7) is 9.16. The summed E-state index contributed by atoms with van der Waals surface area (Å²) in [7, 11) is 0. The summed E-state index contributed by atoms with van der Waals surface area (Å²) in [5, 5.41) is 0.190. The molecule has 0 bridgehead atoms. The van der Waals surface area contributed by atoms with E-state index in [0.29, 0.717) is 23.9 Å². The Kier molecular flexibility index (Phi) is 4.45. The average Bonchev–Trinajstić information content (AvgIpc) is 3.07. The summed E-state index contributed by atoms with van der Waals surface area (Å²) in [6.07, 6.45) is 2.40. The highest BCUT2D eigenvalue weighted by Gasteiger charge is 2.31. The lowest BCUT2D eigenvalue weighted by molar-refractivity contribution is 0.221. The molecule has 1 aliphatic carbocycles. The molecule has 2 rings (SSSR count). The van der Waals surface area contributed by atoms with Crippen molar-refractivity contribution in [3.63, 3.8) is 0 Å². The Hall–Kier alpha value is -1.10. The molecule has 5 nitrogen and oxygen atoms in total. The van der Waals surface area contributed by atoms with Crippen LogP contribution in [-0.4, -0.2) is 33.6 Å². The molecule has 1 aliphatic rings. The molecule has 0 atom stereocenters. The van der Waals surface area contributed by atoms with Crippen LogP contribution in [0.25, 0.3) is 0 Å². The van der Waals surface area contributed by atoms with Crippen LogP contribution in [0.1, 0.15) is 40.5 Å². The quantitative estimate of drug-likeness (QED) is 0.804. The molecule has 1 fully saturated rings. The summed E-state index contributed by atoms with van der Waals surface area (Å²) in [5.74, 6) is 1.18. The van der Waals surface area contributed by atoms with Gasteiger partial charge < -0.3 is 9.64 Å². The predicted octanol–water partition coefficient (Wildman–Crippen LogP) is 2.94. The molecule has 0 aliphatic heterocycles. The van der Waals surface area contributed by atoms with Gasteiger partial charge in [0.05, 0.1) is 6.10 Å². The fourth-order valence-electron chi connectivity index (χ4n) is 1.89. The maximum atomic E-state index is 5.97. The second-order valence-electron chi connectivity index (χ2n) is 5.63. The highest BCUT2D eigenvalue weighted by molar-refractivity contribution is 6.28. The highest BCUT2D eigenvalue weighted by atomic mass is 35.5. The Morgan fingerprint density at radius 3 is 2.42 bits per heavy atom. The first-order valence-electron chi connectivity index (χ1n) is 6.80. The average molecular weight is 285 g/mol. The SMILES string of the molecule is CC(C)CN(c1nc(Cl)nc(OC(C)C)n1)C1CC1. The van der Waals surface area contributed by atoms with E-state index in [0.717, 1.165) is 6.54 Å². The second-order valence-corrected chi connectivity index (χ2v) is 5.97. The van der Waals surface area contributed by atoms with Crippen LogP contribution in [-0.2, 0) is 0 Å². The third-order valence-corrected chi connectivity index (χ3v) is 2.89. The number of ether oxygens (including phenoxy) is 1. The van der Waals surface area contributed by atoms with E-state index in [1.165, 1.54) is 12.8 Å². The van der Waals surface area contributed by atoms with Crippen LogP contribution >= 0.6 is 11.6 Å². The van der Waals surface area contributed by atoms with Crippen LogP contribution in [0.2, 0.25) is 5.28 Å². The number of halogens is 1. The van der Waals surface area contributed by atoms with Gasteiger partial charge in [-0.3, -0.25) is 0 Å². The van der Waals surface area contributed by atoms with Crippen LogP contribution in [0, 0.1) is 5.92 Å². The van der Waals surface area contributed by atoms with Gasteiger partial charge in [0.25, 0.3) is 0 Å². The summed E-state index contributed by atoms with van der Waals surface area (Å²) < 4.78 is 5.52. The molecule has 0 amide bonds. The van der Waals surface area contributed by atoms with Gasteiger partial charge in [0.2, 0.25) is 11.2 Å². The first kappa shape index (κ1) is 14.3. The van der Waals surface area contributed by atoms with Gasteiger partial charge in [0, 0.05) is 12.6 Å². The van der Waals surface area contributed by atoms with Crippen molar-refractivity contribution in [2.45, 2.75) is 52.7 Å². The summed E-state index contributed by atoms with van der Waals surface area (Å²) in [6, 6.07) is 0.840. The minimum absolute atomic E-state index is 0.0193. The smallest absolute Gasteiger partial charge is 0.322 e. The van der Waals surface area contributed by atoms with E-state index in [1.807, 2.05) is 13.8 Å². The van der Waals surface area contributed by atoms with Crippen molar-refractivity contribution in [2.75, 3.05) is 11.4 Å². The van der Waals surface area contributed by atoms with Crippen LogP contribution in [0.15, 0.2) is 0 Å². The van der Waals surface area contributed by atoms with Gasteiger partial charge in [-0.05, 0) is 44.2 Å². The lowest BCUT2D eigenvalue weighted by Crippen LogP contribution is -2.31. The number of anilines is 1. The van der Waals surface area contributed by atoms with Crippen molar-refractivity contribution < 1.29 is 4.74 Å². The van der Waals surface area contributed by atoms with Gasteiger partial charge in [-0.1, -0.05) is 13.8 Å². The molecule has 1 aromatic rings. The highest BCUT2D eigenvalue weighted by Crippen LogP contribution is 2.31. The van der Waals surface area contributed by atoms with Crippen LogP contribution in [0.3, 0.4) is 0 Å². The minimum Gasteiger partial charge on any atom is -0.461 e. The zero-order valence-corrected chi connectivity index (χ0v) is 12.7. The van der Waals surface area contributed by atoms with Crippen molar-refractivity contribution in [3.05, 3.63) is 5.28 Å². The van der Waals surface area contributed by atoms with Crippen LogP contribution < -0.4 is 9.64 Å². The number of nitrogens with zero attached hydrogens (tertiary/aromatic N) is 4. The molecule has 0 radical (unpaired) electrons. The molecule has 6 heteroatoms. The zero-order chi connectivity index (χ0) is 14.0. The third-order valence-electron chi connectivity index (χ3n) is 2.72. The van der Waals surface area contributed by atoms with E-state index in [2.05, 4.69) is 33.7 Å². The number of rotatable bonds is 6. The van der Waals surface area contributed by atoms with E-state index >= 15 is 0 Å². The lowest BCUT2D eigenvalue weighted by atomic mass is 10.2. The fourth-order valence-corrected chi connectivity index (χ4v) is 2.04. The van der Waals surface area contributed by atoms with E-state index in [4.69, 9.17) is 16.3 Å². The molecule has 0 N–H and O–H groups in total. The maximum Gasteiger partial charge on any atom is 0.322 e. The Balaban J connectivity index is 2.23. The monoisotopic (exact) mass is 284 g/mol. The van der Waals surface area contributed by atoms with Gasteiger partial charge in [-0.15, -0.1) is 0 Å². The van der Waals surface area contributed by atoms with E-state index < -0.39 is 0 Å². The largest absolute Gasteiger partial charge is 0.461 e. The van der Waals surface area contributed by atoms with Crippen LogP contribution in [0.4, 0.5) is 5.95 Å².